The predicted molar refractivity (Wildman–Crippen MR) is 107 cm³/mol. The lowest BCUT2D eigenvalue weighted by Gasteiger charge is -2.19. The van der Waals surface area contributed by atoms with Gasteiger partial charge in [0.2, 0.25) is 5.82 Å². The van der Waals surface area contributed by atoms with E-state index in [0.29, 0.717) is 10.3 Å². The SMILES string of the molecule is N#CCCNc1nonc1-c1nc2ccccc2n1C(F)(F)C(=O)c1ccc(N)cc1. The minimum atomic E-state index is -4.01. The van der Waals surface area contributed by atoms with Gasteiger partial charge in [0.25, 0.3) is 5.78 Å². The first kappa shape index (κ1) is 20.0. The van der Waals surface area contributed by atoms with Crippen molar-refractivity contribution in [3.8, 4) is 17.6 Å². The normalized spacial score (nSPS) is 11.4. The van der Waals surface area contributed by atoms with Crippen molar-refractivity contribution < 1.29 is 18.2 Å². The van der Waals surface area contributed by atoms with E-state index in [4.69, 9.17) is 15.6 Å². The second-order valence-electron chi connectivity index (χ2n) is 6.55. The Labute approximate surface area is 174 Å². The highest BCUT2D eigenvalue weighted by atomic mass is 19.3. The molecule has 2 aromatic heterocycles. The van der Waals surface area contributed by atoms with Gasteiger partial charge in [0.15, 0.2) is 11.5 Å². The van der Waals surface area contributed by atoms with Crippen LogP contribution < -0.4 is 11.1 Å². The number of nitrogens with one attached hydrogen (secondary N) is 1. The van der Waals surface area contributed by atoms with Gasteiger partial charge < -0.3 is 11.1 Å². The Morgan fingerprint density at radius 2 is 1.94 bits per heavy atom. The molecule has 0 bridgehead atoms. The van der Waals surface area contributed by atoms with E-state index >= 15 is 8.78 Å². The van der Waals surface area contributed by atoms with Gasteiger partial charge in [0.1, 0.15) is 0 Å². The van der Waals surface area contributed by atoms with Crippen LogP contribution in [-0.2, 0) is 6.05 Å². The summed E-state index contributed by atoms with van der Waals surface area (Å²) in [5.41, 5.74) is 5.86. The molecule has 0 unspecified atom stereocenters. The van der Waals surface area contributed by atoms with Gasteiger partial charge >= 0.3 is 6.05 Å². The van der Waals surface area contributed by atoms with Crippen LogP contribution in [-0.4, -0.2) is 32.2 Å². The van der Waals surface area contributed by atoms with Crippen LogP contribution >= 0.6 is 0 Å². The summed E-state index contributed by atoms with van der Waals surface area (Å²) in [6, 6.07) is 9.30. The number of nitrogen functional groups attached to an aromatic ring is 1. The fourth-order valence-electron chi connectivity index (χ4n) is 3.07. The molecule has 0 amide bonds. The zero-order chi connectivity index (χ0) is 22.0. The number of anilines is 2. The molecule has 9 nitrogen and oxygen atoms in total. The molecule has 0 aliphatic heterocycles. The Kier molecular flexibility index (Phi) is 5.04. The standard InChI is InChI=1S/C20H15F2N7O2/c21-20(22,17(30)12-6-8-13(24)9-7-12)29-15-5-2-1-4-14(15)26-19(29)16-18(28-31-27-16)25-11-3-10-23/h1-2,4-9H,3,11,24H2,(H,25,28). The number of benzene rings is 2. The van der Waals surface area contributed by atoms with E-state index in [1.807, 2.05) is 6.07 Å². The summed E-state index contributed by atoms with van der Waals surface area (Å²) < 4.78 is 36.4. The molecule has 2 aromatic carbocycles. The van der Waals surface area contributed by atoms with Crippen LogP contribution in [0, 0.1) is 11.3 Å². The lowest BCUT2D eigenvalue weighted by atomic mass is 10.1. The summed E-state index contributed by atoms with van der Waals surface area (Å²) >= 11 is 0. The van der Waals surface area contributed by atoms with Crippen molar-refractivity contribution in [1.82, 2.24) is 19.9 Å². The van der Waals surface area contributed by atoms with Gasteiger partial charge in [-0.25, -0.2) is 9.61 Å². The Morgan fingerprint density at radius 1 is 1.19 bits per heavy atom. The third kappa shape index (κ3) is 3.55. The molecule has 0 saturated carbocycles. The first-order valence-corrected chi connectivity index (χ1v) is 9.13. The number of para-hydroxylation sites is 2. The lowest BCUT2D eigenvalue weighted by molar-refractivity contribution is -0.0427. The quantitative estimate of drug-likeness (QED) is 0.262. The first-order chi connectivity index (χ1) is 14.9. The monoisotopic (exact) mass is 423 g/mol. The van der Waals surface area contributed by atoms with E-state index < -0.39 is 11.8 Å². The van der Waals surface area contributed by atoms with E-state index in [1.165, 1.54) is 36.4 Å². The number of nitriles is 1. The number of fused-ring (bicyclic) bond motifs is 1. The molecule has 156 valence electrons. The summed E-state index contributed by atoms with van der Waals surface area (Å²) in [6.45, 7) is 0.193. The topological polar surface area (TPSA) is 136 Å². The van der Waals surface area contributed by atoms with Gasteiger partial charge in [-0.3, -0.25) is 9.36 Å². The van der Waals surface area contributed by atoms with Crippen molar-refractivity contribution in [3.05, 3.63) is 54.1 Å². The average molecular weight is 423 g/mol. The number of hydrogen-bond acceptors (Lipinski definition) is 8. The maximum Gasteiger partial charge on any atom is 0.395 e. The maximum absolute atomic E-state index is 15.6. The van der Waals surface area contributed by atoms with E-state index in [-0.39, 0.29) is 46.9 Å². The summed E-state index contributed by atoms with van der Waals surface area (Å²) in [6.07, 6.45) is 0.147. The van der Waals surface area contributed by atoms with Crippen molar-refractivity contribution in [2.24, 2.45) is 0 Å². The average Bonchev–Trinajstić information content (AvgIpc) is 3.38. The summed E-state index contributed by atoms with van der Waals surface area (Å²) in [4.78, 5) is 17.0. The third-order valence-electron chi connectivity index (χ3n) is 4.52. The van der Waals surface area contributed by atoms with Crippen molar-refractivity contribution >= 4 is 28.3 Å². The van der Waals surface area contributed by atoms with E-state index in [0.717, 1.165) is 0 Å². The number of ketones is 1. The maximum atomic E-state index is 15.6. The third-order valence-corrected chi connectivity index (χ3v) is 4.52. The number of alkyl halides is 2. The largest absolute Gasteiger partial charge is 0.399 e. The van der Waals surface area contributed by atoms with Gasteiger partial charge in [-0.15, -0.1) is 0 Å². The van der Waals surface area contributed by atoms with Crippen molar-refractivity contribution in [3.63, 3.8) is 0 Å². The van der Waals surface area contributed by atoms with Gasteiger partial charge in [0.05, 0.1) is 23.5 Å². The smallest absolute Gasteiger partial charge is 0.395 e. The van der Waals surface area contributed by atoms with E-state index in [9.17, 15) is 4.79 Å². The van der Waals surface area contributed by atoms with Crippen LogP contribution in [0.5, 0.6) is 0 Å². The van der Waals surface area contributed by atoms with Crippen LogP contribution in [0.4, 0.5) is 20.3 Å². The number of nitrogens with two attached hydrogens (primary N) is 1. The number of Topliss-reactive ketones (excluding diaryl/α,β-unsaturated/α-hetero) is 1. The molecule has 11 heteroatoms. The molecule has 0 saturated heterocycles. The van der Waals surface area contributed by atoms with Gasteiger partial charge in [-0.2, -0.15) is 14.0 Å². The highest BCUT2D eigenvalue weighted by molar-refractivity contribution is 6.01. The number of aromatic nitrogens is 4. The Hall–Kier alpha value is -4.33. The molecule has 31 heavy (non-hydrogen) atoms. The molecule has 4 rings (SSSR count). The van der Waals surface area contributed by atoms with Crippen LogP contribution in [0.15, 0.2) is 53.2 Å². The number of carbonyl (C=O) groups excluding carboxylic acids is 1. The van der Waals surface area contributed by atoms with Gasteiger partial charge in [0, 0.05) is 17.8 Å². The van der Waals surface area contributed by atoms with Gasteiger partial charge in [-0.1, -0.05) is 12.1 Å². The number of imidazole rings is 1. The molecule has 0 aliphatic carbocycles. The van der Waals surface area contributed by atoms with Crippen molar-refractivity contribution in [2.75, 3.05) is 17.6 Å². The fourth-order valence-corrected chi connectivity index (χ4v) is 3.07. The minimum absolute atomic E-state index is 0.0252. The van der Waals surface area contributed by atoms with Crippen LogP contribution in [0.3, 0.4) is 0 Å². The summed E-state index contributed by atoms with van der Waals surface area (Å²) in [5.74, 6) is -1.72. The number of hydrogen-bond donors (Lipinski definition) is 2. The molecule has 0 atom stereocenters. The number of nitrogens with zero attached hydrogens (tertiary/aromatic N) is 5. The van der Waals surface area contributed by atoms with E-state index in [2.05, 4.69) is 20.6 Å². The molecule has 0 spiro atoms. The minimum Gasteiger partial charge on any atom is -0.399 e. The zero-order valence-electron chi connectivity index (χ0n) is 15.9. The number of carbonyl (C=O) groups is 1. The van der Waals surface area contributed by atoms with Crippen molar-refractivity contribution in [2.45, 2.75) is 12.5 Å². The Bertz CT molecular complexity index is 1290. The molecule has 0 radical (unpaired) electrons. The van der Waals surface area contributed by atoms with Crippen LogP contribution in [0.25, 0.3) is 22.6 Å². The van der Waals surface area contributed by atoms with Crippen molar-refractivity contribution in [1.29, 1.82) is 5.26 Å². The highest BCUT2D eigenvalue weighted by Gasteiger charge is 2.45. The molecular weight excluding hydrogens is 408 g/mol. The van der Waals surface area contributed by atoms with Crippen LogP contribution in [0.1, 0.15) is 16.8 Å². The predicted octanol–water partition coefficient (Wildman–Crippen LogP) is 3.43. The highest BCUT2D eigenvalue weighted by Crippen LogP contribution is 2.37. The van der Waals surface area contributed by atoms with Crippen LogP contribution in [0.2, 0.25) is 0 Å². The second-order valence-corrected chi connectivity index (χ2v) is 6.55. The Balaban J connectivity index is 1.86. The summed E-state index contributed by atoms with van der Waals surface area (Å²) in [7, 11) is 0. The molecule has 0 aliphatic rings. The Morgan fingerprint density at radius 3 is 2.68 bits per heavy atom. The zero-order valence-corrected chi connectivity index (χ0v) is 15.9. The lowest BCUT2D eigenvalue weighted by Crippen LogP contribution is -2.33. The summed E-state index contributed by atoms with van der Waals surface area (Å²) in [5, 5.41) is 18.9. The second kappa shape index (κ2) is 7.83. The fraction of sp³-hybridized carbons (Fsp3) is 0.150. The molecule has 0 fully saturated rings. The first-order valence-electron chi connectivity index (χ1n) is 9.13. The number of halogens is 2. The molecule has 4 aromatic rings. The molecule has 3 N–H and O–H groups in total. The molecule has 2 heterocycles. The number of rotatable bonds is 7. The molecular formula is C20H15F2N7O2. The van der Waals surface area contributed by atoms with Gasteiger partial charge in [-0.05, 0) is 46.7 Å². The van der Waals surface area contributed by atoms with E-state index in [1.54, 1.807) is 12.1 Å².